The van der Waals surface area contributed by atoms with Crippen LogP contribution in [0, 0.1) is 5.92 Å². The molecule has 0 aromatic carbocycles. The highest BCUT2D eigenvalue weighted by Crippen LogP contribution is 2.22. The molecule has 0 spiro atoms. The van der Waals surface area contributed by atoms with Crippen LogP contribution in [-0.2, 0) is 4.79 Å². The fraction of sp³-hybridized carbons (Fsp3) is 0.900. The van der Waals surface area contributed by atoms with Crippen LogP contribution in [0.15, 0.2) is 0 Å². The number of piperidine rings is 1. The summed E-state index contributed by atoms with van der Waals surface area (Å²) in [6.07, 6.45) is 3.11. The van der Waals surface area contributed by atoms with Crippen molar-refractivity contribution < 1.29 is 4.79 Å². The standard InChI is InChI=1S/C10H20N2O/c1-3-6-12-8(2)4-5-9(7-11)10(12)13/h8-9H,3-7,11H2,1-2H3. The Labute approximate surface area is 80.3 Å². The van der Waals surface area contributed by atoms with Crippen molar-refractivity contribution in [3.8, 4) is 0 Å². The Morgan fingerprint density at radius 3 is 2.77 bits per heavy atom. The van der Waals surface area contributed by atoms with Gasteiger partial charge in [0.2, 0.25) is 5.91 Å². The Morgan fingerprint density at radius 1 is 1.54 bits per heavy atom. The third-order valence-corrected chi connectivity index (χ3v) is 2.85. The first-order valence-corrected chi connectivity index (χ1v) is 5.21. The first-order valence-electron chi connectivity index (χ1n) is 5.21. The van der Waals surface area contributed by atoms with Gasteiger partial charge < -0.3 is 10.6 Å². The zero-order valence-corrected chi connectivity index (χ0v) is 8.62. The lowest BCUT2D eigenvalue weighted by atomic mass is 9.92. The van der Waals surface area contributed by atoms with Crippen LogP contribution in [0.1, 0.15) is 33.1 Å². The first-order chi connectivity index (χ1) is 6.20. The van der Waals surface area contributed by atoms with Crippen LogP contribution in [-0.4, -0.2) is 29.9 Å². The van der Waals surface area contributed by atoms with E-state index in [2.05, 4.69) is 13.8 Å². The minimum atomic E-state index is 0.0859. The van der Waals surface area contributed by atoms with Crippen molar-refractivity contribution in [2.45, 2.75) is 39.2 Å². The predicted octanol–water partition coefficient (Wildman–Crippen LogP) is 0.982. The Hall–Kier alpha value is -0.570. The van der Waals surface area contributed by atoms with Crippen LogP contribution in [0.3, 0.4) is 0 Å². The predicted molar refractivity (Wildman–Crippen MR) is 53.2 cm³/mol. The van der Waals surface area contributed by atoms with Crippen molar-refractivity contribution in [1.29, 1.82) is 0 Å². The molecule has 1 amide bonds. The molecule has 2 N–H and O–H groups in total. The van der Waals surface area contributed by atoms with E-state index in [1.165, 1.54) is 0 Å². The molecule has 0 aromatic rings. The number of carbonyl (C=O) groups excluding carboxylic acids is 1. The van der Waals surface area contributed by atoms with Crippen LogP contribution < -0.4 is 5.73 Å². The lowest BCUT2D eigenvalue weighted by molar-refractivity contribution is -0.140. The number of nitrogens with zero attached hydrogens (tertiary/aromatic N) is 1. The molecule has 1 aliphatic rings. The van der Waals surface area contributed by atoms with Gasteiger partial charge in [-0.25, -0.2) is 0 Å². The van der Waals surface area contributed by atoms with Gasteiger partial charge in [0, 0.05) is 19.1 Å². The summed E-state index contributed by atoms with van der Waals surface area (Å²) in [6, 6.07) is 0.412. The third-order valence-electron chi connectivity index (χ3n) is 2.85. The molecule has 3 nitrogen and oxygen atoms in total. The largest absolute Gasteiger partial charge is 0.340 e. The fourth-order valence-electron chi connectivity index (χ4n) is 1.96. The van der Waals surface area contributed by atoms with E-state index >= 15 is 0 Å². The zero-order chi connectivity index (χ0) is 9.84. The summed E-state index contributed by atoms with van der Waals surface area (Å²) in [5.74, 6) is 0.353. The van der Waals surface area contributed by atoms with Gasteiger partial charge in [-0.2, -0.15) is 0 Å². The van der Waals surface area contributed by atoms with Crippen molar-refractivity contribution in [2.75, 3.05) is 13.1 Å². The van der Waals surface area contributed by atoms with Crippen molar-refractivity contribution >= 4 is 5.91 Å². The summed E-state index contributed by atoms with van der Waals surface area (Å²) in [6.45, 7) is 5.62. The molecule has 0 aromatic heterocycles. The van der Waals surface area contributed by atoms with E-state index in [0.717, 1.165) is 25.8 Å². The summed E-state index contributed by atoms with van der Waals surface area (Å²) < 4.78 is 0. The maximum absolute atomic E-state index is 11.8. The molecule has 0 aliphatic carbocycles. The molecule has 1 rings (SSSR count). The third kappa shape index (κ3) is 2.21. The summed E-state index contributed by atoms with van der Waals surface area (Å²) in [5, 5.41) is 0. The molecule has 76 valence electrons. The monoisotopic (exact) mass is 184 g/mol. The summed E-state index contributed by atoms with van der Waals surface area (Å²) >= 11 is 0. The molecular weight excluding hydrogens is 164 g/mol. The molecule has 3 heteroatoms. The normalized spacial score (nSPS) is 29.5. The van der Waals surface area contributed by atoms with Gasteiger partial charge in [0.1, 0.15) is 0 Å². The molecule has 0 bridgehead atoms. The average molecular weight is 184 g/mol. The van der Waals surface area contributed by atoms with Gasteiger partial charge in [-0.1, -0.05) is 6.92 Å². The highest BCUT2D eigenvalue weighted by Gasteiger charge is 2.31. The van der Waals surface area contributed by atoms with Crippen molar-refractivity contribution in [2.24, 2.45) is 11.7 Å². The second kappa shape index (κ2) is 4.61. The van der Waals surface area contributed by atoms with Crippen molar-refractivity contribution in [1.82, 2.24) is 4.90 Å². The molecule has 2 unspecified atom stereocenters. The van der Waals surface area contributed by atoms with E-state index in [1.54, 1.807) is 0 Å². The van der Waals surface area contributed by atoms with Gasteiger partial charge in [0.05, 0.1) is 5.92 Å². The second-order valence-corrected chi connectivity index (χ2v) is 3.89. The molecule has 2 atom stereocenters. The number of carbonyl (C=O) groups is 1. The fourth-order valence-corrected chi connectivity index (χ4v) is 1.96. The molecule has 1 aliphatic heterocycles. The highest BCUT2D eigenvalue weighted by molar-refractivity contribution is 5.80. The molecule has 13 heavy (non-hydrogen) atoms. The molecule has 0 radical (unpaired) electrons. The Kier molecular flexibility index (Phi) is 3.72. The molecule has 1 saturated heterocycles. The number of amides is 1. The minimum absolute atomic E-state index is 0.0859. The molecular formula is C10H20N2O. The van der Waals surface area contributed by atoms with E-state index in [1.807, 2.05) is 4.90 Å². The maximum atomic E-state index is 11.8. The quantitative estimate of drug-likeness (QED) is 0.710. The number of likely N-dealkylation sites (tertiary alicyclic amines) is 1. The van der Waals surface area contributed by atoms with Gasteiger partial charge in [-0.05, 0) is 26.2 Å². The van der Waals surface area contributed by atoms with E-state index in [4.69, 9.17) is 5.73 Å². The lowest BCUT2D eigenvalue weighted by Crippen LogP contribution is -2.48. The highest BCUT2D eigenvalue weighted by atomic mass is 16.2. The summed E-state index contributed by atoms with van der Waals surface area (Å²) in [7, 11) is 0. The first kappa shape index (κ1) is 10.5. The van der Waals surface area contributed by atoms with Crippen LogP contribution in [0.25, 0.3) is 0 Å². The maximum Gasteiger partial charge on any atom is 0.227 e. The topological polar surface area (TPSA) is 46.3 Å². The van der Waals surface area contributed by atoms with Gasteiger partial charge in [0.25, 0.3) is 0 Å². The van der Waals surface area contributed by atoms with Crippen LogP contribution in [0.2, 0.25) is 0 Å². The molecule has 1 heterocycles. The zero-order valence-electron chi connectivity index (χ0n) is 8.62. The lowest BCUT2D eigenvalue weighted by Gasteiger charge is -2.37. The van der Waals surface area contributed by atoms with Crippen LogP contribution in [0.5, 0.6) is 0 Å². The molecule has 0 saturated carbocycles. The van der Waals surface area contributed by atoms with Gasteiger partial charge >= 0.3 is 0 Å². The number of hydrogen-bond donors (Lipinski definition) is 1. The Morgan fingerprint density at radius 2 is 2.23 bits per heavy atom. The average Bonchev–Trinajstić information content (AvgIpc) is 2.12. The SMILES string of the molecule is CCCN1C(=O)C(CN)CCC1C. The summed E-state index contributed by atoms with van der Waals surface area (Å²) in [5.41, 5.74) is 5.55. The minimum Gasteiger partial charge on any atom is -0.340 e. The van der Waals surface area contributed by atoms with Gasteiger partial charge in [0.15, 0.2) is 0 Å². The summed E-state index contributed by atoms with van der Waals surface area (Å²) in [4.78, 5) is 13.8. The van der Waals surface area contributed by atoms with Crippen molar-refractivity contribution in [3.63, 3.8) is 0 Å². The van der Waals surface area contributed by atoms with Gasteiger partial charge in [-0.15, -0.1) is 0 Å². The number of rotatable bonds is 3. The molecule has 1 fully saturated rings. The van der Waals surface area contributed by atoms with Gasteiger partial charge in [-0.3, -0.25) is 4.79 Å². The van der Waals surface area contributed by atoms with E-state index in [-0.39, 0.29) is 11.8 Å². The Bertz CT molecular complexity index is 182. The number of nitrogens with two attached hydrogens (primary N) is 1. The second-order valence-electron chi connectivity index (χ2n) is 3.89. The van der Waals surface area contributed by atoms with E-state index in [9.17, 15) is 4.79 Å². The van der Waals surface area contributed by atoms with E-state index in [0.29, 0.717) is 12.6 Å². The van der Waals surface area contributed by atoms with E-state index < -0.39 is 0 Å². The number of hydrogen-bond acceptors (Lipinski definition) is 2. The smallest absolute Gasteiger partial charge is 0.227 e. The van der Waals surface area contributed by atoms with Crippen LogP contribution in [0.4, 0.5) is 0 Å². The van der Waals surface area contributed by atoms with Crippen molar-refractivity contribution in [3.05, 3.63) is 0 Å². The Balaban J connectivity index is 2.60. The van der Waals surface area contributed by atoms with Crippen LogP contribution >= 0.6 is 0 Å².